The van der Waals surface area contributed by atoms with E-state index in [0.29, 0.717) is 0 Å². The van der Waals surface area contributed by atoms with Crippen molar-refractivity contribution < 1.29 is 4.42 Å². The van der Waals surface area contributed by atoms with Crippen LogP contribution in [0, 0.1) is 0 Å². The van der Waals surface area contributed by atoms with Crippen molar-refractivity contribution in [2.75, 3.05) is 4.90 Å². The number of nitrogens with zero attached hydrogens (tertiary/aromatic N) is 1. The van der Waals surface area contributed by atoms with Crippen LogP contribution in [0.15, 0.2) is 205 Å². The van der Waals surface area contributed by atoms with Gasteiger partial charge in [0, 0.05) is 42.2 Å². The van der Waals surface area contributed by atoms with Gasteiger partial charge in [-0.25, -0.2) is 0 Å². The molecule has 11 aromatic rings. The van der Waals surface area contributed by atoms with Crippen molar-refractivity contribution in [1.29, 1.82) is 0 Å². The van der Waals surface area contributed by atoms with Crippen molar-refractivity contribution in [2.24, 2.45) is 0 Å². The van der Waals surface area contributed by atoms with Crippen molar-refractivity contribution in [3.05, 3.63) is 200 Å². The molecule has 3 heteroatoms. The summed E-state index contributed by atoms with van der Waals surface area (Å²) in [6, 6.07) is 72.3. The largest absolute Gasteiger partial charge is 0.454 e. The average Bonchev–Trinajstić information content (AvgIpc) is 3.83. The van der Waals surface area contributed by atoms with E-state index in [4.69, 9.17) is 4.42 Å². The van der Waals surface area contributed by atoms with Crippen molar-refractivity contribution in [3.63, 3.8) is 0 Å². The summed E-state index contributed by atoms with van der Waals surface area (Å²) in [5.41, 5.74) is 11.8. The SMILES string of the molecule is c1ccc(-c2ccc(-c3ccc4ccccc4c3)cc2N(c2cccc(-c3ccc4sc5ccccc5c4c3)c2)c2cccc3c2oc2ccccc23)cc1. The molecule has 0 spiro atoms. The lowest BCUT2D eigenvalue weighted by Crippen LogP contribution is -2.12. The summed E-state index contributed by atoms with van der Waals surface area (Å²) in [4.78, 5) is 2.40. The zero-order chi connectivity index (χ0) is 36.3. The summed E-state index contributed by atoms with van der Waals surface area (Å²) < 4.78 is 9.39. The quantitative estimate of drug-likeness (QED) is 0.170. The van der Waals surface area contributed by atoms with Gasteiger partial charge in [-0.1, -0.05) is 146 Å². The van der Waals surface area contributed by atoms with Crippen LogP contribution in [0.25, 0.3) is 86.3 Å². The Morgan fingerprint density at radius 3 is 1.95 bits per heavy atom. The Bertz CT molecular complexity index is 3230. The Kier molecular flexibility index (Phi) is 7.39. The molecule has 11 rings (SSSR count). The van der Waals surface area contributed by atoms with Gasteiger partial charge in [-0.2, -0.15) is 0 Å². The van der Waals surface area contributed by atoms with E-state index in [2.05, 4.69) is 199 Å². The molecule has 0 amide bonds. The zero-order valence-corrected chi connectivity index (χ0v) is 30.6. The first-order valence-electron chi connectivity index (χ1n) is 18.7. The topological polar surface area (TPSA) is 16.4 Å². The maximum absolute atomic E-state index is 6.77. The maximum Gasteiger partial charge on any atom is 0.159 e. The molecule has 0 unspecified atom stereocenters. The number of thiophene rings is 1. The van der Waals surface area contributed by atoms with Gasteiger partial charge in [0.25, 0.3) is 0 Å². The molecule has 258 valence electrons. The maximum atomic E-state index is 6.77. The number of benzene rings is 9. The fraction of sp³-hybridized carbons (Fsp3) is 0. The molecule has 0 fully saturated rings. The Hall–Kier alpha value is -6.94. The molecule has 2 heterocycles. The molecule has 2 nitrogen and oxygen atoms in total. The first-order valence-corrected chi connectivity index (χ1v) is 19.5. The van der Waals surface area contributed by atoms with Crippen LogP contribution >= 0.6 is 11.3 Å². The molecule has 0 aliphatic rings. The third-order valence-corrected chi connectivity index (χ3v) is 12.0. The predicted octanol–water partition coefficient (Wildman–Crippen LogP) is 15.6. The molecule has 0 bridgehead atoms. The standard InChI is InChI=1S/C52H33NOS/c1-2-13-35(14-3-1)42-28-26-40(38-25-24-34-12-4-5-15-36(34)30-38)33-48(42)53(47-21-11-20-45-43-18-6-8-22-49(43)54-52(45)47)41-17-10-16-37(31-41)39-27-29-51-46(32-39)44-19-7-9-23-50(44)55-51/h1-33H. The highest BCUT2D eigenvalue weighted by Crippen LogP contribution is 2.47. The summed E-state index contributed by atoms with van der Waals surface area (Å²) in [6.45, 7) is 0. The molecular formula is C52H33NOS. The van der Waals surface area contributed by atoms with Crippen LogP contribution in [0.2, 0.25) is 0 Å². The third-order valence-electron chi connectivity index (χ3n) is 10.8. The fourth-order valence-electron chi connectivity index (χ4n) is 8.17. The first kappa shape index (κ1) is 31.6. The van der Waals surface area contributed by atoms with Crippen LogP contribution in [0.5, 0.6) is 0 Å². The Labute approximate surface area is 322 Å². The van der Waals surface area contributed by atoms with Crippen LogP contribution < -0.4 is 4.90 Å². The summed E-state index contributed by atoms with van der Waals surface area (Å²) in [6.07, 6.45) is 0. The lowest BCUT2D eigenvalue weighted by molar-refractivity contribution is 0.669. The minimum Gasteiger partial charge on any atom is -0.454 e. The Morgan fingerprint density at radius 1 is 0.364 bits per heavy atom. The minimum absolute atomic E-state index is 0.857. The van der Waals surface area contributed by atoms with Crippen molar-refractivity contribution in [3.8, 4) is 33.4 Å². The summed E-state index contributed by atoms with van der Waals surface area (Å²) >= 11 is 1.85. The van der Waals surface area contributed by atoms with E-state index >= 15 is 0 Å². The molecule has 0 atom stereocenters. The lowest BCUT2D eigenvalue weighted by Gasteiger charge is -2.29. The van der Waals surface area contributed by atoms with Crippen LogP contribution in [-0.4, -0.2) is 0 Å². The summed E-state index contributed by atoms with van der Waals surface area (Å²) in [5.74, 6) is 0. The number of hydrogen-bond acceptors (Lipinski definition) is 3. The Morgan fingerprint density at radius 2 is 1.02 bits per heavy atom. The molecule has 0 aliphatic carbocycles. The number of para-hydroxylation sites is 2. The van der Waals surface area contributed by atoms with Gasteiger partial charge in [-0.3, -0.25) is 0 Å². The van der Waals surface area contributed by atoms with Crippen LogP contribution in [0.3, 0.4) is 0 Å². The number of anilines is 3. The summed E-state index contributed by atoms with van der Waals surface area (Å²) in [7, 11) is 0. The molecule has 2 aromatic heterocycles. The normalized spacial score (nSPS) is 11.6. The molecule has 0 saturated heterocycles. The number of rotatable bonds is 6. The van der Waals surface area contributed by atoms with E-state index in [1.54, 1.807) is 0 Å². The smallest absolute Gasteiger partial charge is 0.159 e. The van der Waals surface area contributed by atoms with Gasteiger partial charge in [0.15, 0.2) is 5.58 Å². The summed E-state index contributed by atoms with van der Waals surface area (Å²) in [5, 5.41) is 7.25. The lowest BCUT2D eigenvalue weighted by atomic mass is 9.95. The van der Waals surface area contributed by atoms with E-state index < -0.39 is 0 Å². The molecule has 9 aromatic carbocycles. The average molecular weight is 720 g/mol. The molecule has 0 N–H and O–H groups in total. The van der Waals surface area contributed by atoms with Gasteiger partial charge in [0.1, 0.15) is 5.58 Å². The highest BCUT2D eigenvalue weighted by Gasteiger charge is 2.23. The second-order valence-electron chi connectivity index (χ2n) is 14.1. The van der Waals surface area contributed by atoms with Gasteiger partial charge in [0.05, 0.1) is 11.4 Å². The van der Waals surface area contributed by atoms with E-state index in [1.807, 2.05) is 17.4 Å². The van der Waals surface area contributed by atoms with Gasteiger partial charge in [-0.15, -0.1) is 11.3 Å². The van der Waals surface area contributed by atoms with Gasteiger partial charge in [0.2, 0.25) is 0 Å². The zero-order valence-electron chi connectivity index (χ0n) is 29.8. The van der Waals surface area contributed by atoms with Gasteiger partial charge < -0.3 is 9.32 Å². The van der Waals surface area contributed by atoms with Crippen LogP contribution in [-0.2, 0) is 0 Å². The first-order chi connectivity index (χ1) is 27.2. The van der Waals surface area contributed by atoms with Crippen molar-refractivity contribution >= 4 is 81.3 Å². The van der Waals surface area contributed by atoms with Gasteiger partial charge in [-0.05, 0) is 93.2 Å². The highest BCUT2D eigenvalue weighted by atomic mass is 32.1. The van der Waals surface area contributed by atoms with E-state index in [0.717, 1.165) is 61.3 Å². The van der Waals surface area contributed by atoms with Gasteiger partial charge >= 0.3 is 0 Å². The molecule has 55 heavy (non-hydrogen) atoms. The Balaban J connectivity index is 1.17. The van der Waals surface area contributed by atoms with E-state index in [1.165, 1.54) is 42.1 Å². The minimum atomic E-state index is 0.857. The third kappa shape index (κ3) is 5.40. The fourth-order valence-corrected chi connectivity index (χ4v) is 9.26. The molecular weight excluding hydrogens is 687 g/mol. The van der Waals surface area contributed by atoms with E-state index in [-0.39, 0.29) is 0 Å². The highest BCUT2D eigenvalue weighted by molar-refractivity contribution is 7.25. The number of furan rings is 1. The van der Waals surface area contributed by atoms with Crippen molar-refractivity contribution in [1.82, 2.24) is 0 Å². The number of hydrogen-bond donors (Lipinski definition) is 0. The van der Waals surface area contributed by atoms with E-state index in [9.17, 15) is 0 Å². The second kappa shape index (κ2) is 12.9. The second-order valence-corrected chi connectivity index (χ2v) is 15.2. The predicted molar refractivity (Wildman–Crippen MR) is 235 cm³/mol. The molecule has 0 saturated carbocycles. The number of fused-ring (bicyclic) bond motifs is 7. The van der Waals surface area contributed by atoms with Crippen molar-refractivity contribution in [2.45, 2.75) is 0 Å². The monoisotopic (exact) mass is 719 g/mol. The van der Waals surface area contributed by atoms with Crippen LogP contribution in [0.1, 0.15) is 0 Å². The van der Waals surface area contributed by atoms with Crippen LogP contribution in [0.4, 0.5) is 17.1 Å². The molecule has 0 radical (unpaired) electrons. The molecule has 0 aliphatic heterocycles.